The molecule has 1 aromatic carbocycles. The Bertz CT molecular complexity index is 789. The van der Waals surface area contributed by atoms with Crippen LogP contribution in [0.4, 0.5) is 0 Å². The van der Waals surface area contributed by atoms with E-state index in [0.29, 0.717) is 18.9 Å². The van der Waals surface area contributed by atoms with Crippen molar-refractivity contribution in [3.8, 4) is 0 Å². The number of guanidine groups is 1. The summed E-state index contributed by atoms with van der Waals surface area (Å²) in [5.74, 6) is 1.18. The minimum Gasteiger partial charge on any atom is -0.357 e. The maximum atomic E-state index is 11.7. The minimum absolute atomic E-state index is 0.0437. The van der Waals surface area contributed by atoms with Crippen LogP contribution in [0.15, 0.2) is 29.3 Å². The van der Waals surface area contributed by atoms with E-state index in [-0.39, 0.29) is 23.1 Å². The van der Waals surface area contributed by atoms with E-state index < -0.39 is 9.84 Å². The first kappa shape index (κ1) is 20.1. The van der Waals surface area contributed by atoms with Crippen molar-refractivity contribution in [1.82, 2.24) is 15.5 Å². The number of benzene rings is 1. The molecular formula is C20H32N4O2S. The molecule has 6 nitrogen and oxygen atoms in total. The molecule has 0 radical (unpaired) electrons. The lowest BCUT2D eigenvalue weighted by Crippen LogP contribution is -2.50. The predicted molar refractivity (Wildman–Crippen MR) is 111 cm³/mol. The maximum absolute atomic E-state index is 11.7. The third-order valence-corrected chi connectivity index (χ3v) is 7.30. The predicted octanol–water partition coefficient (Wildman–Crippen LogP) is 1.57. The van der Waals surface area contributed by atoms with Gasteiger partial charge in [0.15, 0.2) is 15.8 Å². The van der Waals surface area contributed by atoms with Crippen molar-refractivity contribution in [2.75, 3.05) is 31.1 Å². The number of sulfone groups is 1. The molecule has 0 spiro atoms. The van der Waals surface area contributed by atoms with Crippen LogP contribution >= 0.6 is 0 Å². The monoisotopic (exact) mass is 392 g/mol. The van der Waals surface area contributed by atoms with E-state index in [0.717, 1.165) is 26.1 Å². The maximum Gasteiger partial charge on any atom is 0.191 e. The highest BCUT2D eigenvalue weighted by Crippen LogP contribution is 2.25. The van der Waals surface area contributed by atoms with Gasteiger partial charge < -0.3 is 10.6 Å². The van der Waals surface area contributed by atoms with Gasteiger partial charge in [-0.15, -0.1) is 0 Å². The molecule has 1 unspecified atom stereocenters. The molecule has 1 saturated heterocycles. The van der Waals surface area contributed by atoms with Crippen LogP contribution in [0.5, 0.6) is 0 Å². The summed E-state index contributed by atoms with van der Waals surface area (Å²) >= 11 is 0. The van der Waals surface area contributed by atoms with Crippen LogP contribution in [0.25, 0.3) is 0 Å². The highest BCUT2D eigenvalue weighted by atomic mass is 32.2. The second-order valence-corrected chi connectivity index (χ2v) is 10.4. The first-order valence-corrected chi connectivity index (χ1v) is 11.7. The van der Waals surface area contributed by atoms with E-state index in [9.17, 15) is 8.42 Å². The van der Waals surface area contributed by atoms with Gasteiger partial charge in [0.1, 0.15) is 0 Å². The average Bonchev–Trinajstić information content (AvgIpc) is 2.98. The van der Waals surface area contributed by atoms with Crippen molar-refractivity contribution in [1.29, 1.82) is 0 Å². The lowest BCUT2D eigenvalue weighted by atomic mass is 9.94. The Labute approximate surface area is 163 Å². The van der Waals surface area contributed by atoms with Crippen molar-refractivity contribution in [3.63, 3.8) is 0 Å². The van der Waals surface area contributed by atoms with Crippen LogP contribution in [0.1, 0.15) is 38.3 Å². The van der Waals surface area contributed by atoms with Gasteiger partial charge in [0.05, 0.1) is 18.1 Å². The molecule has 2 aliphatic rings. The molecule has 0 saturated carbocycles. The number of nitrogens with one attached hydrogen (secondary N) is 2. The van der Waals surface area contributed by atoms with Gasteiger partial charge >= 0.3 is 0 Å². The fourth-order valence-electron chi connectivity index (χ4n) is 3.81. The van der Waals surface area contributed by atoms with Crippen LogP contribution in [0.2, 0.25) is 0 Å². The van der Waals surface area contributed by atoms with E-state index in [1.807, 2.05) is 6.92 Å². The van der Waals surface area contributed by atoms with Crippen LogP contribution in [-0.2, 0) is 22.8 Å². The molecule has 2 aliphatic heterocycles. The zero-order valence-electron chi connectivity index (χ0n) is 16.7. The molecule has 0 aliphatic carbocycles. The first-order chi connectivity index (χ1) is 12.8. The number of hydrogen-bond acceptors (Lipinski definition) is 4. The highest BCUT2D eigenvalue weighted by Gasteiger charge is 2.31. The van der Waals surface area contributed by atoms with E-state index in [2.05, 4.69) is 53.6 Å². The normalized spacial score (nSPS) is 23.1. The largest absolute Gasteiger partial charge is 0.357 e. The van der Waals surface area contributed by atoms with E-state index in [1.165, 1.54) is 11.1 Å². The fourth-order valence-corrected chi connectivity index (χ4v) is 5.48. The lowest BCUT2D eigenvalue weighted by molar-refractivity contribution is 0.111. The first-order valence-electron chi connectivity index (χ1n) is 9.86. The van der Waals surface area contributed by atoms with Gasteiger partial charge in [0.25, 0.3) is 0 Å². The molecule has 27 heavy (non-hydrogen) atoms. The number of nitrogens with zero attached hydrogens (tertiary/aromatic N) is 2. The molecule has 2 N–H and O–H groups in total. The second-order valence-electron chi connectivity index (χ2n) is 8.19. The fraction of sp³-hybridized carbons (Fsp3) is 0.650. The van der Waals surface area contributed by atoms with Crippen molar-refractivity contribution < 1.29 is 8.42 Å². The number of rotatable bonds is 5. The van der Waals surface area contributed by atoms with Gasteiger partial charge in [-0.25, -0.2) is 8.42 Å². The molecule has 0 bridgehead atoms. The third kappa shape index (κ3) is 5.23. The molecule has 150 valence electrons. The standard InChI is InChI=1S/C20H32N4O2S/c1-4-21-19(23-18-10-12-27(25,26)14-18)22-15-20(2,3)24-11-9-16-7-5-6-8-17(16)13-24/h5-8,18H,4,9-15H2,1-3H3,(H2,21,22,23). The quantitative estimate of drug-likeness (QED) is 0.588. The second kappa shape index (κ2) is 8.19. The van der Waals surface area contributed by atoms with Crippen LogP contribution in [0, 0.1) is 0 Å². The summed E-state index contributed by atoms with van der Waals surface area (Å²) in [7, 11) is -2.90. The summed E-state index contributed by atoms with van der Waals surface area (Å²) in [6, 6.07) is 8.61. The molecule has 1 fully saturated rings. The lowest BCUT2D eigenvalue weighted by Gasteiger charge is -2.40. The number of hydrogen-bond donors (Lipinski definition) is 2. The van der Waals surface area contributed by atoms with Gasteiger partial charge in [-0.05, 0) is 44.7 Å². The summed E-state index contributed by atoms with van der Waals surface area (Å²) in [5, 5.41) is 6.56. The molecule has 0 amide bonds. The molecule has 1 atom stereocenters. The molecule has 1 aromatic rings. The number of fused-ring (bicyclic) bond motifs is 1. The van der Waals surface area contributed by atoms with Gasteiger partial charge in [0, 0.05) is 31.2 Å². The molecule has 0 aromatic heterocycles. The van der Waals surface area contributed by atoms with Gasteiger partial charge in [-0.3, -0.25) is 9.89 Å². The van der Waals surface area contributed by atoms with Crippen molar-refractivity contribution in [2.24, 2.45) is 4.99 Å². The summed E-state index contributed by atoms with van der Waals surface area (Å²) in [5.41, 5.74) is 2.78. The Morgan fingerprint density at radius 3 is 2.70 bits per heavy atom. The van der Waals surface area contributed by atoms with Crippen molar-refractivity contribution in [2.45, 2.75) is 51.7 Å². The highest BCUT2D eigenvalue weighted by molar-refractivity contribution is 7.91. The van der Waals surface area contributed by atoms with Crippen LogP contribution in [0.3, 0.4) is 0 Å². The summed E-state index contributed by atoms with van der Waals surface area (Å²) in [6.07, 6.45) is 1.72. The summed E-state index contributed by atoms with van der Waals surface area (Å²) in [4.78, 5) is 7.27. The Morgan fingerprint density at radius 1 is 1.30 bits per heavy atom. The Balaban J connectivity index is 1.64. The van der Waals surface area contributed by atoms with Gasteiger partial charge in [-0.1, -0.05) is 24.3 Å². The SMILES string of the molecule is CCNC(=NCC(C)(C)N1CCc2ccccc2C1)NC1CCS(=O)(=O)C1. The van der Waals surface area contributed by atoms with Crippen molar-refractivity contribution in [3.05, 3.63) is 35.4 Å². The van der Waals surface area contributed by atoms with Crippen molar-refractivity contribution >= 4 is 15.8 Å². The van der Waals surface area contributed by atoms with Gasteiger partial charge in [0.2, 0.25) is 0 Å². The molecule has 7 heteroatoms. The summed E-state index contributed by atoms with van der Waals surface area (Å²) < 4.78 is 23.4. The van der Waals surface area contributed by atoms with Gasteiger partial charge in [-0.2, -0.15) is 0 Å². The molecule has 3 rings (SSSR count). The van der Waals surface area contributed by atoms with E-state index in [4.69, 9.17) is 4.99 Å². The minimum atomic E-state index is -2.90. The molecular weight excluding hydrogens is 360 g/mol. The zero-order valence-corrected chi connectivity index (χ0v) is 17.5. The van der Waals surface area contributed by atoms with Crippen LogP contribution < -0.4 is 10.6 Å². The summed E-state index contributed by atoms with van der Waals surface area (Å²) in [6.45, 7) is 9.87. The Morgan fingerprint density at radius 2 is 2.04 bits per heavy atom. The zero-order chi connectivity index (χ0) is 19.5. The smallest absolute Gasteiger partial charge is 0.191 e. The third-order valence-electron chi connectivity index (χ3n) is 5.53. The van der Waals surface area contributed by atoms with Crippen LogP contribution in [-0.4, -0.2) is 62.0 Å². The Kier molecular flexibility index (Phi) is 6.11. The van der Waals surface area contributed by atoms with E-state index >= 15 is 0 Å². The molecule has 2 heterocycles. The topological polar surface area (TPSA) is 73.8 Å². The average molecular weight is 393 g/mol. The Hall–Kier alpha value is -1.60. The van der Waals surface area contributed by atoms with E-state index in [1.54, 1.807) is 0 Å². The number of aliphatic imine (C=N–C) groups is 1.